The van der Waals surface area contributed by atoms with Crippen molar-refractivity contribution >= 4 is 17.7 Å². The summed E-state index contributed by atoms with van der Waals surface area (Å²) in [5.41, 5.74) is 0.444. The lowest BCUT2D eigenvalue weighted by Crippen LogP contribution is -2.40. The van der Waals surface area contributed by atoms with E-state index in [0.29, 0.717) is 23.4 Å². The van der Waals surface area contributed by atoms with Crippen LogP contribution in [0.1, 0.15) is 36.0 Å². The maximum atomic E-state index is 12.8. The summed E-state index contributed by atoms with van der Waals surface area (Å²) in [6.07, 6.45) is -1.71. The lowest BCUT2D eigenvalue weighted by atomic mass is 9.85. The summed E-state index contributed by atoms with van der Waals surface area (Å²) in [6.45, 7) is 0. The largest absolute Gasteiger partial charge is 0.391 e. The van der Waals surface area contributed by atoms with Crippen LogP contribution >= 0.6 is 11.8 Å². The van der Waals surface area contributed by atoms with Gasteiger partial charge in [-0.2, -0.15) is 13.2 Å². The summed E-state index contributed by atoms with van der Waals surface area (Å²) in [6, 6.07) is 12.7. The Balaban J connectivity index is 1.64. The van der Waals surface area contributed by atoms with Gasteiger partial charge in [-0.15, -0.1) is 0 Å². The minimum atomic E-state index is -4.14. The molecule has 1 aliphatic carbocycles. The Bertz CT molecular complexity index is 744. The predicted octanol–water partition coefficient (Wildman–Crippen LogP) is 5.08. The average molecular weight is 380 g/mol. The van der Waals surface area contributed by atoms with Crippen LogP contribution in [-0.2, 0) is 0 Å². The normalized spacial score (nSPS) is 20.6. The van der Waals surface area contributed by atoms with E-state index >= 15 is 0 Å². The second kappa shape index (κ2) is 8.12. The molecule has 3 rings (SSSR count). The van der Waals surface area contributed by atoms with Gasteiger partial charge < -0.3 is 5.32 Å². The number of aromatic nitrogens is 1. The highest BCUT2D eigenvalue weighted by molar-refractivity contribution is 7.99. The van der Waals surface area contributed by atoms with E-state index in [1.165, 1.54) is 11.8 Å². The third-order valence-electron chi connectivity index (χ3n) is 4.50. The molecule has 1 N–H and O–H groups in total. The molecular weight excluding hydrogens is 361 g/mol. The molecule has 1 heterocycles. The van der Waals surface area contributed by atoms with Crippen molar-refractivity contribution in [2.45, 2.75) is 47.8 Å². The molecule has 1 aromatic heterocycles. The molecule has 1 aliphatic rings. The van der Waals surface area contributed by atoms with Gasteiger partial charge >= 0.3 is 6.18 Å². The molecule has 138 valence electrons. The average Bonchev–Trinajstić information content (AvgIpc) is 2.63. The summed E-state index contributed by atoms with van der Waals surface area (Å²) >= 11 is 1.39. The molecule has 3 nitrogen and oxygen atoms in total. The van der Waals surface area contributed by atoms with E-state index in [1.54, 1.807) is 18.3 Å². The molecule has 1 fully saturated rings. The SMILES string of the molecule is O=C(NC1CCC(C(F)(F)F)CC1)c1cccnc1Sc1ccccc1. The van der Waals surface area contributed by atoms with E-state index in [1.807, 2.05) is 30.3 Å². The first-order valence-electron chi connectivity index (χ1n) is 8.49. The Morgan fingerprint density at radius 1 is 1.04 bits per heavy atom. The number of alkyl halides is 3. The number of amides is 1. The van der Waals surface area contributed by atoms with E-state index in [-0.39, 0.29) is 24.8 Å². The highest BCUT2D eigenvalue weighted by atomic mass is 32.2. The topological polar surface area (TPSA) is 42.0 Å². The Labute approximate surface area is 154 Å². The van der Waals surface area contributed by atoms with Crippen LogP contribution in [0.4, 0.5) is 13.2 Å². The van der Waals surface area contributed by atoms with Crippen LogP contribution in [0.5, 0.6) is 0 Å². The number of hydrogen-bond donors (Lipinski definition) is 1. The minimum absolute atomic E-state index is 0.0626. The van der Waals surface area contributed by atoms with Crippen LogP contribution < -0.4 is 5.32 Å². The first kappa shape index (κ1) is 18.8. The fourth-order valence-electron chi connectivity index (χ4n) is 3.07. The van der Waals surface area contributed by atoms with Crippen LogP contribution in [0.2, 0.25) is 0 Å². The van der Waals surface area contributed by atoms with Gasteiger partial charge in [0.15, 0.2) is 0 Å². The van der Waals surface area contributed by atoms with Gasteiger partial charge in [0.2, 0.25) is 0 Å². The number of halogens is 3. The van der Waals surface area contributed by atoms with Crippen LogP contribution in [0, 0.1) is 5.92 Å². The molecular formula is C19H19F3N2OS. The highest BCUT2D eigenvalue weighted by Crippen LogP contribution is 2.37. The quantitative estimate of drug-likeness (QED) is 0.804. The summed E-state index contributed by atoms with van der Waals surface area (Å²) in [5.74, 6) is -1.54. The van der Waals surface area contributed by atoms with Crippen molar-refractivity contribution in [1.82, 2.24) is 10.3 Å². The van der Waals surface area contributed by atoms with Gasteiger partial charge in [-0.25, -0.2) is 4.98 Å². The van der Waals surface area contributed by atoms with Gasteiger partial charge in [0, 0.05) is 17.1 Å². The van der Waals surface area contributed by atoms with Gasteiger partial charge in [-0.3, -0.25) is 4.79 Å². The van der Waals surface area contributed by atoms with Gasteiger partial charge in [-0.1, -0.05) is 30.0 Å². The summed E-state index contributed by atoms with van der Waals surface area (Å²) in [7, 11) is 0. The summed E-state index contributed by atoms with van der Waals surface area (Å²) in [5, 5.41) is 3.46. The monoisotopic (exact) mass is 380 g/mol. The Morgan fingerprint density at radius 2 is 1.73 bits per heavy atom. The number of carbonyl (C=O) groups is 1. The van der Waals surface area contributed by atoms with E-state index in [4.69, 9.17) is 0 Å². The third kappa shape index (κ3) is 4.78. The van der Waals surface area contributed by atoms with Gasteiger partial charge in [0.25, 0.3) is 5.91 Å². The number of carbonyl (C=O) groups excluding carboxylic acids is 1. The minimum Gasteiger partial charge on any atom is -0.349 e. The number of nitrogens with zero attached hydrogens (tertiary/aromatic N) is 1. The maximum absolute atomic E-state index is 12.8. The number of benzene rings is 1. The van der Waals surface area contributed by atoms with Crippen LogP contribution in [-0.4, -0.2) is 23.1 Å². The fraction of sp³-hybridized carbons (Fsp3) is 0.368. The van der Waals surface area contributed by atoms with Crippen molar-refractivity contribution in [1.29, 1.82) is 0 Å². The van der Waals surface area contributed by atoms with Crippen molar-refractivity contribution < 1.29 is 18.0 Å². The van der Waals surface area contributed by atoms with Crippen molar-refractivity contribution in [3.63, 3.8) is 0 Å². The molecule has 1 aromatic carbocycles. The van der Waals surface area contributed by atoms with E-state index < -0.39 is 12.1 Å². The third-order valence-corrected chi connectivity index (χ3v) is 5.53. The Hall–Kier alpha value is -2.02. The predicted molar refractivity (Wildman–Crippen MR) is 94.1 cm³/mol. The maximum Gasteiger partial charge on any atom is 0.391 e. The lowest BCUT2D eigenvalue weighted by molar-refractivity contribution is -0.182. The second-order valence-corrected chi connectivity index (χ2v) is 7.40. The molecule has 0 aliphatic heterocycles. The smallest absolute Gasteiger partial charge is 0.349 e. The highest BCUT2D eigenvalue weighted by Gasteiger charge is 2.41. The zero-order valence-electron chi connectivity index (χ0n) is 14.0. The van der Waals surface area contributed by atoms with Crippen molar-refractivity contribution in [2.75, 3.05) is 0 Å². The Kier molecular flexibility index (Phi) is 5.86. The second-order valence-electron chi connectivity index (χ2n) is 6.33. The van der Waals surface area contributed by atoms with Crippen molar-refractivity contribution in [3.05, 3.63) is 54.2 Å². The molecule has 26 heavy (non-hydrogen) atoms. The number of rotatable bonds is 4. The van der Waals surface area contributed by atoms with Crippen LogP contribution in [0.3, 0.4) is 0 Å². The first-order valence-corrected chi connectivity index (χ1v) is 9.30. The molecule has 0 atom stereocenters. The Morgan fingerprint density at radius 3 is 2.38 bits per heavy atom. The number of nitrogens with one attached hydrogen (secondary N) is 1. The molecule has 2 aromatic rings. The van der Waals surface area contributed by atoms with Crippen molar-refractivity contribution in [2.24, 2.45) is 5.92 Å². The first-order chi connectivity index (χ1) is 12.4. The number of hydrogen-bond acceptors (Lipinski definition) is 3. The summed E-state index contributed by atoms with van der Waals surface area (Å²) in [4.78, 5) is 17.9. The van der Waals surface area contributed by atoms with Gasteiger partial charge in [-0.05, 0) is 49.9 Å². The molecule has 1 saturated carbocycles. The zero-order chi connectivity index (χ0) is 18.6. The van der Waals surface area contributed by atoms with Gasteiger partial charge in [0.05, 0.1) is 11.5 Å². The van der Waals surface area contributed by atoms with Crippen molar-refractivity contribution in [3.8, 4) is 0 Å². The standard InChI is InChI=1S/C19H19F3N2OS/c20-19(21,22)13-8-10-14(11-9-13)24-17(25)16-7-4-12-23-18(16)26-15-5-2-1-3-6-15/h1-7,12-14H,8-11H2,(H,24,25). The fourth-order valence-corrected chi connectivity index (χ4v) is 3.97. The van der Waals surface area contributed by atoms with Crippen LogP contribution in [0.15, 0.2) is 58.6 Å². The summed E-state index contributed by atoms with van der Waals surface area (Å²) < 4.78 is 38.3. The zero-order valence-corrected chi connectivity index (χ0v) is 14.8. The molecule has 0 saturated heterocycles. The molecule has 0 radical (unpaired) electrons. The molecule has 0 unspecified atom stereocenters. The molecule has 0 spiro atoms. The lowest BCUT2D eigenvalue weighted by Gasteiger charge is -2.30. The number of pyridine rings is 1. The van der Waals surface area contributed by atoms with Crippen LogP contribution in [0.25, 0.3) is 0 Å². The molecule has 7 heteroatoms. The van der Waals surface area contributed by atoms with E-state index in [2.05, 4.69) is 10.3 Å². The molecule has 0 bridgehead atoms. The van der Waals surface area contributed by atoms with E-state index in [0.717, 1.165) is 4.90 Å². The van der Waals surface area contributed by atoms with E-state index in [9.17, 15) is 18.0 Å². The molecule has 1 amide bonds. The van der Waals surface area contributed by atoms with Gasteiger partial charge in [0.1, 0.15) is 5.03 Å².